The predicted octanol–water partition coefficient (Wildman–Crippen LogP) is 2.97. The van der Waals surface area contributed by atoms with Gasteiger partial charge in [0, 0.05) is 19.0 Å². The molecule has 1 fully saturated rings. The number of aryl methyl sites for hydroxylation is 2. The Labute approximate surface area is 177 Å². The highest BCUT2D eigenvalue weighted by atomic mass is 32.2. The summed E-state index contributed by atoms with van der Waals surface area (Å²) in [6, 6.07) is 7.50. The number of aromatic nitrogens is 1. The van der Waals surface area contributed by atoms with Crippen LogP contribution in [0, 0.1) is 19.8 Å². The zero-order valence-electron chi connectivity index (χ0n) is 17.8. The van der Waals surface area contributed by atoms with Crippen LogP contribution >= 0.6 is 0 Å². The van der Waals surface area contributed by atoms with Crippen LogP contribution in [0.4, 0.5) is 0 Å². The van der Waals surface area contributed by atoms with Crippen LogP contribution in [0.3, 0.4) is 0 Å². The zero-order valence-corrected chi connectivity index (χ0v) is 18.7. The predicted molar refractivity (Wildman–Crippen MR) is 112 cm³/mol. The molecule has 1 aliphatic rings. The maximum atomic E-state index is 12.9. The lowest BCUT2D eigenvalue weighted by Crippen LogP contribution is -2.43. The Morgan fingerprint density at radius 1 is 1.33 bits per heavy atom. The summed E-state index contributed by atoms with van der Waals surface area (Å²) in [4.78, 5) is 12.9. The molecule has 1 aliphatic heterocycles. The SMILES string of the molecule is CCOc1cccc(C(C)NC(=O)C2CCN(S(=O)(=O)c3c(C)noc3C)CC2)c1. The third kappa shape index (κ3) is 4.67. The number of ether oxygens (including phenoxy) is 1. The molecule has 0 bridgehead atoms. The number of nitrogens with zero attached hydrogens (tertiary/aromatic N) is 2. The Morgan fingerprint density at radius 3 is 2.63 bits per heavy atom. The fourth-order valence-electron chi connectivity index (χ4n) is 3.79. The summed E-state index contributed by atoms with van der Waals surface area (Å²) < 4.78 is 37.8. The van der Waals surface area contributed by atoms with Crippen LogP contribution in [-0.4, -0.2) is 43.5 Å². The van der Waals surface area contributed by atoms with E-state index in [0.717, 1.165) is 11.3 Å². The van der Waals surface area contributed by atoms with Crippen LogP contribution in [0.2, 0.25) is 0 Å². The van der Waals surface area contributed by atoms with Crippen molar-refractivity contribution in [3.8, 4) is 5.75 Å². The van der Waals surface area contributed by atoms with E-state index in [2.05, 4.69) is 10.5 Å². The normalized spacial score (nSPS) is 16.9. The second-order valence-corrected chi connectivity index (χ2v) is 9.44. The molecule has 1 unspecified atom stereocenters. The number of rotatable bonds is 7. The van der Waals surface area contributed by atoms with Gasteiger partial charge in [-0.25, -0.2) is 8.42 Å². The molecule has 1 amide bonds. The molecule has 8 nitrogen and oxygen atoms in total. The van der Waals surface area contributed by atoms with Gasteiger partial charge in [0.05, 0.1) is 12.6 Å². The summed E-state index contributed by atoms with van der Waals surface area (Å²) in [6.07, 6.45) is 0.945. The first-order chi connectivity index (χ1) is 14.2. The lowest BCUT2D eigenvalue weighted by molar-refractivity contribution is -0.126. The van der Waals surface area contributed by atoms with E-state index >= 15 is 0 Å². The van der Waals surface area contributed by atoms with E-state index in [1.165, 1.54) is 4.31 Å². The van der Waals surface area contributed by atoms with Gasteiger partial charge < -0.3 is 14.6 Å². The number of sulfonamides is 1. The lowest BCUT2D eigenvalue weighted by atomic mass is 9.96. The van der Waals surface area contributed by atoms with Crippen LogP contribution in [-0.2, 0) is 14.8 Å². The first kappa shape index (κ1) is 22.3. The molecule has 164 valence electrons. The second kappa shape index (κ2) is 9.18. The van der Waals surface area contributed by atoms with Crippen LogP contribution < -0.4 is 10.1 Å². The number of piperidine rings is 1. The van der Waals surface area contributed by atoms with Crippen molar-refractivity contribution in [3.63, 3.8) is 0 Å². The average molecular weight is 436 g/mol. The Hall–Kier alpha value is -2.39. The number of hydrogen-bond donors (Lipinski definition) is 1. The van der Waals surface area contributed by atoms with Crippen molar-refractivity contribution in [2.75, 3.05) is 19.7 Å². The molecule has 1 aromatic heterocycles. The number of carbonyl (C=O) groups excluding carboxylic acids is 1. The van der Waals surface area contributed by atoms with Crippen LogP contribution in [0.1, 0.15) is 49.7 Å². The van der Waals surface area contributed by atoms with Gasteiger partial charge >= 0.3 is 0 Å². The summed E-state index contributed by atoms with van der Waals surface area (Å²) in [7, 11) is -3.67. The minimum absolute atomic E-state index is 0.0568. The molecule has 3 rings (SSSR count). The first-order valence-electron chi connectivity index (χ1n) is 10.2. The minimum Gasteiger partial charge on any atom is -0.494 e. The Balaban J connectivity index is 1.60. The molecular weight excluding hydrogens is 406 g/mol. The van der Waals surface area contributed by atoms with E-state index < -0.39 is 10.0 Å². The van der Waals surface area contributed by atoms with Crippen LogP contribution in [0.15, 0.2) is 33.7 Å². The van der Waals surface area contributed by atoms with Gasteiger partial charge in [-0.2, -0.15) is 4.31 Å². The van der Waals surface area contributed by atoms with Gasteiger partial charge in [0.25, 0.3) is 0 Å². The molecule has 30 heavy (non-hydrogen) atoms. The molecular formula is C21H29N3O5S. The van der Waals surface area contributed by atoms with Gasteiger partial charge in [-0.15, -0.1) is 0 Å². The Kier molecular flexibility index (Phi) is 6.82. The number of hydrogen-bond acceptors (Lipinski definition) is 6. The summed E-state index contributed by atoms with van der Waals surface area (Å²) in [5, 5.41) is 6.79. The lowest BCUT2D eigenvalue weighted by Gasteiger charge is -2.31. The number of benzene rings is 1. The van der Waals surface area contributed by atoms with Gasteiger partial charge in [-0.3, -0.25) is 4.79 Å². The van der Waals surface area contributed by atoms with E-state index in [9.17, 15) is 13.2 Å². The van der Waals surface area contributed by atoms with Crippen LogP contribution in [0.5, 0.6) is 5.75 Å². The molecule has 1 saturated heterocycles. The third-order valence-corrected chi connectivity index (χ3v) is 7.56. The Morgan fingerprint density at radius 2 is 2.03 bits per heavy atom. The quantitative estimate of drug-likeness (QED) is 0.717. The topological polar surface area (TPSA) is 102 Å². The van der Waals surface area contributed by atoms with Crippen molar-refractivity contribution in [3.05, 3.63) is 41.3 Å². The molecule has 1 atom stereocenters. The smallest absolute Gasteiger partial charge is 0.248 e. The molecule has 2 heterocycles. The monoisotopic (exact) mass is 435 g/mol. The number of carbonyl (C=O) groups is 1. The second-order valence-electron chi connectivity index (χ2n) is 7.57. The summed E-state index contributed by atoms with van der Waals surface area (Å²) in [5.74, 6) is 0.779. The van der Waals surface area contributed by atoms with Gasteiger partial charge in [-0.1, -0.05) is 17.3 Å². The minimum atomic E-state index is -3.67. The van der Waals surface area contributed by atoms with Crippen molar-refractivity contribution in [1.82, 2.24) is 14.8 Å². The zero-order chi connectivity index (χ0) is 21.9. The molecule has 0 saturated carbocycles. The molecule has 2 aromatic rings. The fraction of sp³-hybridized carbons (Fsp3) is 0.524. The maximum absolute atomic E-state index is 12.9. The first-order valence-corrected chi connectivity index (χ1v) is 11.6. The molecule has 0 radical (unpaired) electrons. The molecule has 9 heteroatoms. The van der Waals surface area contributed by atoms with E-state index in [-0.39, 0.29) is 28.5 Å². The largest absolute Gasteiger partial charge is 0.494 e. The number of nitrogens with one attached hydrogen (secondary N) is 1. The van der Waals surface area contributed by atoms with Crippen molar-refractivity contribution >= 4 is 15.9 Å². The average Bonchev–Trinajstić information content (AvgIpc) is 3.07. The highest BCUT2D eigenvalue weighted by molar-refractivity contribution is 7.89. The molecule has 0 aliphatic carbocycles. The molecule has 1 aromatic carbocycles. The van der Waals surface area contributed by atoms with E-state index in [1.54, 1.807) is 13.8 Å². The van der Waals surface area contributed by atoms with E-state index in [4.69, 9.17) is 9.26 Å². The number of amides is 1. The third-order valence-electron chi connectivity index (χ3n) is 5.42. The van der Waals surface area contributed by atoms with Gasteiger partial charge in [0.2, 0.25) is 15.9 Å². The van der Waals surface area contributed by atoms with E-state index in [0.29, 0.717) is 38.2 Å². The summed E-state index contributed by atoms with van der Waals surface area (Å²) in [5.41, 5.74) is 1.32. The van der Waals surface area contributed by atoms with Gasteiger partial charge in [0.1, 0.15) is 16.3 Å². The van der Waals surface area contributed by atoms with Crippen molar-refractivity contribution < 1.29 is 22.5 Å². The Bertz CT molecular complexity index is 974. The highest BCUT2D eigenvalue weighted by Crippen LogP contribution is 2.28. The van der Waals surface area contributed by atoms with E-state index in [1.807, 2.05) is 38.1 Å². The highest BCUT2D eigenvalue weighted by Gasteiger charge is 2.35. The van der Waals surface area contributed by atoms with Gasteiger partial charge in [0.15, 0.2) is 5.76 Å². The van der Waals surface area contributed by atoms with Crippen molar-refractivity contribution in [2.45, 2.75) is 51.5 Å². The maximum Gasteiger partial charge on any atom is 0.248 e. The van der Waals surface area contributed by atoms with Crippen LogP contribution in [0.25, 0.3) is 0 Å². The van der Waals surface area contributed by atoms with Crippen molar-refractivity contribution in [2.24, 2.45) is 5.92 Å². The summed E-state index contributed by atoms with van der Waals surface area (Å²) in [6.45, 7) is 8.23. The van der Waals surface area contributed by atoms with Gasteiger partial charge in [-0.05, 0) is 58.2 Å². The summed E-state index contributed by atoms with van der Waals surface area (Å²) >= 11 is 0. The fourth-order valence-corrected chi connectivity index (χ4v) is 5.55. The standard InChI is InChI=1S/C21H29N3O5S/c1-5-28-19-8-6-7-18(13-19)14(2)22-21(25)17-9-11-24(12-10-17)30(26,27)20-15(3)23-29-16(20)4/h6-8,13-14,17H,5,9-12H2,1-4H3,(H,22,25). The van der Waals surface area contributed by atoms with Crippen molar-refractivity contribution in [1.29, 1.82) is 0 Å². The molecule has 1 N–H and O–H groups in total. The molecule has 0 spiro atoms.